The number of aryl methyl sites for hydroxylation is 4. The Morgan fingerprint density at radius 3 is 1.29 bits per heavy atom. The fourth-order valence-corrected chi connectivity index (χ4v) is 5.21. The Labute approximate surface area is 209 Å². The van der Waals surface area contributed by atoms with Gasteiger partial charge in [-0.05, 0) is 85.0 Å². The van der Waals surface area contributed by atoms with Gasteiger partial charge in [-0.15, -0.1) is 0 Å². The molecule has 0 saturated heterocycles. The smallest absolute Gasteiger partial charge is 0.119 e. The third kappa shape index (κ3) is 8.67. The van der Waals surface area contributed by atoms with E-state index < -0.39 is 0 Å². The van der Waals surface area contributed by atoms with Crippen molar-refractivity contribution in [1.82, 2.24) is 0 Å². The summed E-state index contributed by atoms with van der Waals surface area (Å²) in [5.41, 5.74) is 7.01. The maximum Gasteiger partial charge on any atom is 0.119 e. The largest absolute Gasteiger partial charge is 0.508 e. The van der Waals surface area contributed by atoms with E-state index in [1.807, 2.05) is 12.1 Å². The summed E-state index contributed by atoms with van der Waals surface area (Å²) in [6, 6.07) is 8.37. The van der Waals surface area contributed by atoms with Crippen molar-refractivity contribution in [3.8, 4) is 11.5 Å². The quantitative estimate of drug-likeness (QED) is 0.242. The van der Waals surface area contributed by atoms with E-state index in [-0.39, 0.29) is 5.92 Å². The van der Waals surface area contributed by atoms with E-state index in [9.17, 15) is 10.2 Å². The molecule has 34 heavy (non-hydrogen) atoms. The molecule has 0 aliphatic carbocycles. The van der Waals surface area contributed by atoms with E-state index in [4.69, 9.17) is 0 Å². The number of aromatic hydroxyl groups is 2. The van der Waals surface area contributed by atoms with Crippen LogP contribution in [0.2, 0.25) is 0 Å². The molecular formula is C32H50O2. The van der Waals surface area contributed by atoms with Gasteiger partial charge in [0.05, 0.1) is 0 Å². The van der Waals surface area contributed by atoms with Crippen LogP contribution < -0.4 is 0 Å². The number of hydrogen-bond donors (Lipinski definition) is 2. The van der Waals surface area contributed by atoms with E-state index in [0.717, 1.165) is 47.9 Å². The monoisotopic (exact) mass is 466 g/mol. The second-order valence-corrected chi connectivity index (χ2v) is 10.4. The first-order valence-electron chi connectivity index (χ1n) is 14.0. The molecule has 0 aliphatic rings. The van der Waals surface area contributed by atoms with Crippen molar-refractivity contribution in [2.45, 2.75) is 130 Å². The van der Waals surface area contributed by atoms with Crippen LogP contribution in [0.3, 0.4) is 0 Å². The van der Waals surface area contributed by atoms with Gasteiger partial charge in [0, 0.05) is 5.92 Å². The molecule has 190 valence electrons. The highest BCUT2D eigenvalue weighted by Gasteiger charge is 2.18. The summed E-state index contributed by atoms with van der Waals surface area (Å²) in [6.45, 7) is 11.0. The summed E-state index contributed by atoms with van der Waals surface area (Å²) in [5, 5.41) is 21.2. The minimum absolute atomic E-state index is 0.229. The first-order chi connectivity index (χ1) is 16.4. The molecule has 2 rings (SSSR count). The van der Waals surface area contributed by atoms with E-state index in [1.165, 1.54) is 75.3 Å². The van der Waals surface area contributed by atoms with E-state index in [2.05, 4.69) is 46.8 Å². The first-order valence-corrected chi connectivity index (χ1v) is 14.0. The Balaban J connectivity index is 2.11. The normalized spacial score (nSPS) is 11.5. The maximum absolute atomic E-state index is 10.6. The van der Waals surface area contributed by atoms with Crippen molar-refractivity contribution in [1.29, 1.82) is 0 Å². The fraction of sp³-hybridized carbons (Fsp3) is 0.625. The summed E-state index contributed by atoms with van der Waals surface area (Å²) in [6.07, 6.45) is 17.0. The standard InChI is InChI=1S/C32H50O2/c1-6-8-10-12-14-16-18-27-22-29(24(3)20-31(27)33)26(5)30-23-28(32(34)21-25(30)4)19-17-15-13-11-9-7-2/h20-23,26,33-34H,6-19H2,1-5H3. The third-order valence-corrected chi connectivity index (χ3v) is 7.47. The zero-order chi connectivity index (χ0) is 24.9. The topological polar surface area (TPSA) is 40.5 Å². The highest BCUT2D eigenvalue weighted by atomic mass is 16.3. The van der Waals surface area contributed by atoms with Gasteiger partial charge in [0.25, 0.3) is 0 Å². The van der Waals surface area contributed by atoms with Gasteiger partial charge in [-0.1, -0.05) is 97.1 Å². The molecule has 2 aromatic rings. The molecule has 0 aromatic heterocycles. The number of rotatable bonds is 16. The molecule has 0 radical (unpaired) electrons. The van der Waals surface area contributed by atoms with Crippen molar-refractivity contribution in [2.75, 3.05) is 0 Å². The second-order valence-electron chi connectivity index (χ2n) is 10.4. The average Bonchev–Trinajstić information content (AvgIpc) is 2.80. The van der Waals surface area contributed by atoms with Crippen LogP contribution in [0.4, 0.5) is 0 Å². The SMILES string of the molecule is CCCCCCCCc1cc(C(C)c2cc(CCCCCCCC)c(O)cc2C)c(C)cc1O. The minimum Gasteiger partial charge on any atom is -0.508 e. The highest BCUT2D eigenvalue weighted by molar-refractivity contribution is 5.50. The predicted molar refractivity (Wildman–Crippen MR) is 147 cm³/mol. The van der Waals surface area contributed by atoms with E-state index in [1.54, 1.807) is 0 Å². The number of phenolic OH excluding ortho intramolecular Hbond substituents is 2. The van der Waals surface area contributed by atoms with Crippen molar-refractivity contribution < 1.29 is 10.2 Å². The lowest BCUT2D eigenvalue weighted by atomic mass is 9.84. The van der Waals surface area contributed by atoms with Gasteiger partial charge >= 0.3 is 0 Å². The van der Waals surface area contributed by atoms with Crippen LogP contribution in [0.5, 0.6) is 11.5 Å². The average molecular weight is 467 g/mol. The Bertz CT molecular complexity index is 796. The van der Waals surface area contributed by atoms with Crippen molar-refractivity contribution >= 4 is 0 Å². The highest BCUT2D eigenvalue weighted by Crippen LogP contribution is 2.36. The molecule has 0 spiro atoms. The van der Waals surface area contributed by atoms with Crippen LogP contribution in [-0.2, 0) is 12.8 Å². The molecule has 0 heterocycles. The zero-order valence-corrected chi connectivity index (χ0v) is 22.7. The van der Waals surface area contributed by atoms with Crippen LogP contribution in [0.25, 0.3) is 0 Å². The summed E-state index contributed by atoms with van der Waals surface area (Å²) in [7, 11) is 0. The molecular weight excluding hydrogens is 416 g/mol. The van der Waals surface area contributed by atoms with Gasteiger partial charge in [-0.3, -0.25) is 0 Å². The molecule has 0 saturated carbocycles. The third-order valence-electron chi connectivity index (χ3n) is 7.47. The van der Waals surface area contributed by atoms with Gasteiger partial charge in [0.2, 0.25) is 0 Å². The maximum atomic E-state index is 10.6. The molecule has 0 fully saturated rings. The number of hydrogen-bond acceptors (Lipinski definition) is 2. The zero-order valence-electron chi connectivity index (χ0n) is 22.7. The molecule has 0 unspecified atom stereocenters. The van der Waals surface area contributed by atoms with Crippen molar-refractivity contribution in [3.05, 3.63) is 57.6 Å². The van der Waals surface area contributed by atoms with E-state index >= 15 is 0 Å². The Morgan fingerprint density at radius 2 is 0.912 bits per heavy atom. The Kier molecular flexibility index (Phi) is 12.6. The fourth-order valence-electron chi connectivity index (χ4n) is 5.21. The van der Waals surface area contributed by atoms with Gasteiger partial charge in [0.15, 0.2) is 0 Å². The van der Waals surface area contributed by atoms with Gasteiger partial charge in [-0.2, -0.15) is 0 Å². The van der Waals surface area contributed by atoms with Crippen molar-refractivity contribution in [3.63, 3.8) is 0 Å². The lowest BCUT2D eigenvalue weighted by Crippen LogP contribution is -2.04. The van der Waals surface area contributed by atoms with Crippen LogP contribution in [0, 0.1) is 13.8 Å². The Morgan fingerprint density at radius 1 is 0.559 bits per heavy atom. The second kappa shape index (κ2) is 15.1. The van der Waals surface area contributed by atoms with Crippen LogP contribution in [-0.4, -0.2) is 10.2 Å². The number of phenols is 2. The van der Waals surface area contributed by atoms with Crippen LogP contribution in [0.15, 0.2) is 24.3 Å². The molecule has 0 bridgehead atoms. The van der Waals surface area contributed by atoms with Gasteiger partial charge in [-0.25, -0.2) is 0 Å². The molecule has 0 aliphatic heterocycles. The molecule has 0 atom stereocenters. The summed E-state index contributed by atoms with van der Waals surface area (Å²) < 4.78 is 0. The van der Waals surface area contributed by atoms with Gasteiger partial charge in [0.1, 0.15) is 11.5 Å². The molecule has 0 amide bonds. The van der Waals surface area contributed by atoms with Gasteiger partial charge < -0.3 is 10.2 Å². The van der Waals surface area contributed by atoms with Crippen LogP contribution in [0.1, 0.15) is 137 Å². The lowest BCUT2D eigenvalue weighted by Gasteiger charge is -2.21. The molecule has 2 aromatic carbocycles. The first kappa shape index (κ1) is 28.3. The lowest BCUT2D eigenvalue weighted by molar-refractivity contribution is 0.465. The number of unbranched alkanes of at least 4 members (excludes halogenated alkanes) is 10. The summed E-state index contributed by atoms with van der Waals surface area (Å²) in [4.78, 5) is 0. The predicted octanol–water partition coefficient (Wildman–Crippen LogP) is 9.67. The Hall–Kier alpha value is -1.96. The van der Waals surface area contributed by atoms with Crippen LogP contribution >= 0.6 is 0 Å². The van der Waals surface area contributed by atoms with Crippen molar-refractivity contribution in [2.24, 2.45) is 0 Å². The van der Waals surface area contributed by atoms with E-state index in [0.29, 0.717) is 11.5 Å². The molecule has 2 nitrogen and oxygen atoms in total. The number of benzene rings is 2. The summed E-state index contributed by atoms with van der Waals surface area (Å²) in [5.74, 6) is 1.11. The molecule has 2 heteroatoms. The molecule has 2 N–H and O–H groups in total. The summed E-state index contributed by atoms with van der Waals surface area (Å²) >= 11 is 0. The minimum atomic E-state index is 0.229.